The third-order valence-electron chi connectivity index (χ3n) is 8.30. The molecular formula is C37H42ClN9O7. The maximum Gasteiger partial charge on any atom is 0.291 e. The van der Waals surface area contributed by atoms with E-state index in [0.29, 0.717) is 53.4 Å². The number of halogens is 1. The molecule has 0 atom stereocenters. The van der Waals surface area contributed by atoms with Gasteiger partial charge in [0.1, 0.15) is 17.0 Å². The number of nitrogens with zero attached hydrogens (tertiary/aromatic N) is 3. The number of aromatic nitrogens is 3. The Balaban J connectivity index is 1.08. The minimum absolute atomic E-state index is 0.00224. The molecule has 8 N–H and O–H groups in total. The Kier molecular flexibility index (Phi) is 13.1. The van der Waals surface area contributed by atoms with Crippen molar-refractivity contribution in [3.8, 4) is 5.75 Å². The van der Waals surface area contributed by atoms with Crippen molar-refractivity contribution < 1.29 is 33.5 Å². The molecule has 54 heavy (non-hydrogen) atoms. The van der Waals surface area contributed by atoms with Gasteiger partial charge in [-0.2, -0.15) is 0 Å². The summed E-state index contributed by atoms with van der Waals surface area (Å²) in [6, 6.07) is 12.7. The number of amides is 5. The number of hydrogen-bond donors (Lipinski definition) is 7. The number of imidazole rings is 1. The highest BCUT2D eigenvalue weighted by molar-refractivity contribution is 6.18. The van der Waals surface area contributed by atoms with E-state index in [2.05, 4.69) is 31.6 Å². The fourth-order valence-corrected chi connectivity index (χ4v) is 5.80. The molecule has 5 amide bonds. The van der Waals surface area contributed by atoms with Crippen LogP contribution in [0.15, 0.2) is 65.3 Å². The number of fused-ring (bicyclic) bond motifs is 1. The molecule has 0 saturated heterocycles. The molecule has 0 aliphatic carbocycles. The minimum Gasteiger partial charge on any atom is -0.508 e. The predicted molar refractivity (Wildman–Crippen MR) is 205 cm³/mol. The summed E-state index contributed by atoms with van der Waals surface area (Å²) in [7, 11) is 3.30. The minimum atomic E-state index is -0.512. The summed E-state index contributed by atoms with van der Waals surface area (Å²) in [6.45, 7) is 1.01. The molecule has 2 aromatic carbocycles. The normalized spacial score (nSPS) is 11.0. The Labute approximate surface area is 315 Å². The molecule has 17 heteroatoms. The lowest BCUT2D eigenvalue weighted by Crippen LogP contribution is -2.27. The summed E-state index contributed by atoms with van der Waals surface area (Å²) >= 11 is 5.87. The van der Waals surface area contributed by atoms with Gasteiger partial charge in [-0.15, -0.1) is 11.6 Å². The molecule has 0 aliphatic rings. The van der Waals surface area contributed by atoms with Crippen LogP contribution < -0.4 is 32.3 Å². The number of carbonyl (C=O) groups excluding carboxylic acids is 5. The Hall–Kier alpha value is -6.13. The zero-order valence-corrected chi connectivity index (χ0v) is 30.6. The van der Waals surface area contributed by atoms with Crippen molar-refractivity contribution in [1.82, 2.24) is 19.4 Å². The monoisotopic (exact) mass is 759 g/mol. The van der Waals surface area contributed by atoms with Gasteiger partial charge in [0.2, 0.25) is 17.6 Å². The van der Waals surface area contributed by atoms with Gasteiger partial charge < -0.3 is 51.0 Å². The Morgan fingerprint density at radius 1 is 0.815 bits per heavy atom. The zero-order chi connectivity index (χ0) is 38.8. The van der Waals surface area contributed by atoms with Crippen molar-refractivity contribution in [1.29, 1.82) is 0 Å². The molecule has 0 radical (unpaired) electrons. The number of aryl methyl sites for hydroxylation is 3. The second-order valence-corrected chi connectivity index (χ2v) is 12.9. The smallest absolute Gasteiger partial charge is 0.291 e. The number of phenols is 1. The lowest BCUT2D eigenvalue weighted by Gasteiger charge is -2.09. The number of anilines is 4. The lowest BCUT2D eigenvalue weighted by molar-refractivity contribution is -0.117. The van der Waals surface area contributed by atoms with Crippen LogP contribution in [0.4, 0.5) is 22.9 Å². The molecule has 0 saturated carbocycles. The molecule has 3 aromatic heterocycles. The van der Waals surface area contributed by atoms with Crippen LogP contribution in [-0.2, 0) is 30.1 Å². The van der Waals surface area contributed by atoms with Crippen molar-refractivity contribution in [2.45, 2.75) is 38.5 Å². The largest absolute Gasteiger partial charge is 0.508 e. The second-order valence-electron chi connectivity index (χ2n) is 12.5. The molecule has 5 aromatic rings. The average molecular weight is 760 g/mol. The average Bonchev–Trinajstić information content (AvgIpc) is 3.83. The standard InChI is InChI=1S/C37H42ClN9O7/c1-46-20-25(18-28(46)35(51)45-31-21-47(2)34(44-31)37(53)40-15-4-3-14-39)42-33(50)7-5-6-32(49)41-24-9-11-29-23(16-24)17-30(54-29)36(52)43-27-19-26(48)10-8-22(27)12-13-38/h8-11,16-21,48H,3-7,12-15,39H2,1-2H3,(H,40,53)(H,41,49)(H,42,50)(H,43,52)(H,45,51). The molecule has 0 bridgehead atoms. The maximum atomic E-state index is 13.0. The van der Waals surface area contributed by atoms with Gasteiger partial charge in [0.15, 0.2) is 11.6 Å². The van der Waals surface area contributed by atoms with E-state index in [0.717, 1.165) is 18.4 Å². The Morgan fingerprint density at radius 2 is 1.57 bits per heavy atom. The van der Waals surface area contributed by atoms with E-state index in [4.69, 9.17) is 21.8 Å². The van der Waals surface area contributed by atoms with Gasteiger partial charge in [-0.1, -0.05) is 6.07 Å². The van der Waals surface area contributed by atoms with Crippen LogP contribution in [-0.4, -0.2) is 67.7 Å². The third kappa shape index (κ3) is 10.3. The number of unbranched alkanes of at least 4 members (excludes halogenated alkanes) is 1. The second kappa shape index (κ2) is 18.1. The molecule has 5 rings (SSSR count). The molecule has 0 unspecified atom stereocenters. The van der Waals surface area contributed by atoms with Crippen LogP contribution in [0, 0.1) is 0 Å². The van der Waals surface area contributed by atoms with Gasteiger partial charge in [-0.25, -0.2) is 4.98 Å². The van der Waals surface area contributed by atoms with Crippen molar-refractivity contribution in [3.05, 3.63) is 83.8 Å². The number of carbonyl (C=O) groups is 5. The highest BCUT2D eigenvalue weighted by Crippen LogP contribution is 2.27. The number of rotatable bonds is 17. The first-order chi connectivity index (χ1) is 25.9. The van der Waals surface area contributed by atoms with E-state index < -0.39 is 11.8 Å². The number of phenolic OH excluding ortho intramolecular Hbond substituents is 1. The summed E-state index contributed by atoms with van der Waals surface area (Å²) in [6.07, 6.45) is 5.54. The highest BCUT2D eigenvalue weighted by atomic mass is 35.5. The van der Waals surface area contributed by atoms with Crippen molar-refractivity contribution >= 4 is 75.0 Å². The predicted octanol–water partition coefficient (Wildman–Crippen LogP) is 4.71. The van der Waals surface area contributed by atoms with Crippen LogP contribution in [0.3, 0.4) is 0 Å². The number of nitrogens with one attached hydrogen (secondary N) is 5. The fourth-order valence-electron chi connectivity index (χ4n) is 5.60. The van der Waals surface area contributed by atoms with E-state index in [-0.39, 0.29) is 65.8 Å². The molecule has 0 fully saturated rings. The number of hydrogen-bond acceptors (Lipinski definition) is 9. The quantitative estimate of drug-likeness (QED) is 0.0514. The van der Waals surface area contributed by atoms with Gasteiger partial charge in [0, 0.05) is 74.6 Å². The number of benzene rings is 2. The van der Waals surface area contributed by atoms with E-state index in [1.165, 1.54) is 29.0 Å². The maximum absolute atomic E-state index is 13.0. The number of nitrogens with two attached hydrogens (primary N) is 1. The van der Waals surface area contributed by atoms with Crippen LogP contribution in [0.1, 0.15) is 69.3 Å². The SMILES string of the molecule is Cn1cc(NC(=O)CCCC(=O)Nc2ccc3oc(C(=O)Nc4cc(O)ccc4CCCl)cc3c2)cc1C(=O)Nc1cn(C)c(C(=O)NCCCCN)n1. The molecule has 16 nitrogen and oxygen atoms in total. The van der Waals surface area contributed by atoms with Crippen LogP contribution >= 0.6 is 11.6 Å². The first kappa shape index (κ1) is 39.1. The van der Waals surface area contributed by atoms with Gasteiger partial charge in [-0.05, 0) is 74.2 Å². The van der Waals surface area contributed by atoms with E-state index in [1.807, 2.05) is 0 Å². The van der Waals surface area contributed by atoms with Gasteiger partial charge in [-0.3, -0.25) is 24.0 Å². The summed E-state index contributed by atoms with van der Waals surface area (Å²) < 4.78 is 8.77. The van der Waals surface area contributed by atoms with Gasteiger partial charge in [0.25, 0.3) is 17.7 Å². The molecule has 284 valence electrons. The topological polar surface area (TPSA) is 228 Å². The van der Waals surface area contributed by atoms with E-state index in [9.17, 15) is 29.1 Å². The van der Waals surface area contributed by atoms with Gasteiger partial charge >= 0.3 is 0 Å². The number of aromatic hydroxyl groups is 1. The third-order valence-corrected chi connectivity index (χ3v) is 8.48. The zero-order valence-electron chi connectivity index (χ0n) is 29.8. The van der Waals surface area contributed by atoms with Crippen molar-refractivity contribution in [2.75, 3.05) is 40.2 Å². The Morgan fingerprint density at radius 3 is 2.31 bits per heavy atom. The number of alkyl halides is 1. The van der Waals surface area contributed by atoms with E-state index >= 15 is 0 Å². The molecular weight excluding hydrogens is 718 g/mol. The first-order valence-electron chi connectivity index (χ1n) is 17.3. The van der Waals surface area contributed by atoms with Crippen LogP contribution in [0.2, 0.25) is 0 Å². The van der Waals surface area contributed by atoms with Crippen LogP contribution in [0.5, 0.6) is 5.75 Å². The van der Waals surface area contributed by atoms with Crippen molar-refractivity contribution in [3.63, 3.8) is 0 Å². The summed E-state index contributed by atoms with van der Waals surface area (Å²) in [5, 5.41) is 24.2. The molecule has 3 heterocycles. The summed E-state index contributed by atoms with van der Waals surface area (Å²) in [5.41, 5.74) is 8.24. The highest BCUT2D eigenvalue weighted by Gasteiger charge is 2.19. The van der Waals surface area contributed by atoms with E-state index in [1.54, 1.807) is 55.2 Å². The van der Waals surface area contributed by atoms with Gasteiger partial charge in [0.05, 0.1) is 5.69 Å². The first-order valence-corrected chi connectivity index (χ1v) is 17.8. The van der Waals surface area contributed by atoms with Crippen molar-refractivity contribution in [2.24, 2.45) is 19.8 Å². The summed E-state index contributed by atoms with van der Waals surface area (Å²) in [5.74, 6) is -1.28. The Bertz CT molecular complexity index is 2170. The molecule has 0 spiro atoms. The number of furan rings is 1. The molecule has 0 aliphatic heterocycles. The summed E-state index contributed by atoms with van der Waals surface area (Å²) in [4.78, 5) is 68.0. The lowest BCUT2D eigenvalue weighted by atomic mass is 10.1. The van der Waals surface area contributed by atoms with Crippen LogP contribution in [0.25, 0.3) is 11.0 Å². The fraction of sp³-hybridized carbons (Fsp3) is 0.297.